The Bertz CT molecular complexity index is 295. The van der Waals surface area contributed by atoms with Crippen molar-refractivity contribution in [1.29, 1.82) is 0 Å². The minimum atomic E-state index is -0.514. The van der Waals surface area contributed by atoms with Crippen LogP contribution >= 0.6 is 0 Å². The minimum Gasteiger partial charge on any atom is -0.352 e. The first-order chi connectivity index (χ1) is 8.27. The fraction of sp³-hybridized carbons (Fsp3) is 0.100. The van der Waals surface area contributed by atoms with Crippen LogP contribution in [0.4, 0.5) is 4.79 Å². The summed E-state index contributed by atoms with van der Waals surface area (Å²) in [6.45, 7) is 3.80. The number of primary amides is 1. The summed E-state index contributed by atoms with van der Waals surface area (Å²) >= 11 is 0. The van der Waals surface area contributed by atoms with E-state index in [-0.39, 0.29) is 0 Å². The number of amides is 2. The number of nitrogens with zero attached hydrogens (tertiary/aromatic N) is 2. The van der Waals surface area contributed by atoms with E-state index in [9.17, 15) is 4.79 Å². The number of nitrogens with one attached hydrogen (secondary N) is 3. The highest BCUT2D eigenvalue weighted by Gasteiger charge is 1.81. The zero-order valence-electron chi connectivity index (χ0n) is 9.34. The van der Waals surface area contributed by atoms with Crippen molar-refractivity contribution in [3.63, 3.8) is 0 Å². The predicted octanol–water partition coefficient (Wildman–Crippen LogP) is 0.660. The van der Waals surface area contributed by atoms with E-state index in [4.69, 9.17) is 0 Å². The van der Waals surface area contributed by atoms with Crippen LogP contribution in [0.25, 0.3) is 0 Å². The molecule has 2 aromatic rings. The van der Waals surface area contributed by atoms with Gasteiger partial charge in [-0.2, -0.15) is 0 Å². The molecule has 0 saturated heterocycles. The average molecular weight is 236 g/mol. The summed E-state index contributed by atoms with van der Waals surface area (Å²) in [5.41, 5.74) is 4.68. The van der Waals surface area contributed by atoms with Gasteiger partial charge in [0, 0.05) is 31.3 Å². The summed E-state index contributed by atoms with van der Waals surface area (Å²) in [7, 11) is 0. The third-order valence-electron chi connectivity index (χ3n) is 1.23. The SMILES string of the molecule is C=CCNC(N)=O.c1c[nH]cn1.c1c[nH]cn1. The zero-order valence-corrected chi connectivity index (χ0v) is 9.34. The molecule has 0 fully saturated rings. The van der Waals surface area contributed by atoms with Gasteiger partial charge in [-0.15, -0.1) is 6.58 Å². The summed E-state index contributed by atoms with van der Waals surface area (Å²) in [5.74, 6) is 0. The zero-order chi connectivity index (χ0) is 12.8. The Morgan fingerprint density at radius 2 is 1.82 bits per heavy atom. The molecule has 0 spiro atoms. The topological polar surface area (TPSA) is 112 Å². The van der Waals surface area contributed by atoms with E-state index >= 15 is 0 Å². The maximum atomic E-state index is 9.82. The molecule has 0 saturated carbocycles. The molecule has 2 amide bonds. The maximum absolute atomic E-state index is 9.82. The molecular formula is C10H16N6O. The van der Waals surface area contributed by atoms with Crippen molar-refractivity contribution in [2.45, 2.75) is 0 Å². The third kappa shape index (κ3) is 13.4. The fourth-order valence-corrected chi connectivity index (χ4v) is 0.603. The van der Waals surface area contributed by atoms with Gasteiger partial charge in [0.2, 0.25) is 0 Å². The number of hydrogen-bond acceptors (Lipinski definition) is 3. The van der Waals surface area contributed by atoms with E-state index in [1.54, 1.807) is 43.5 Å². The minimum absolute atomic E-state index is 0.440. The molecule has 2 heterocycles. The summed E-state index contributed by atoms with van der Waals surface area (Å²) in [6.07, 6.45) is 11.7. The molecule has 0 aliphatic carbocycles. The highest BCUT2D eigenvalue weighted by molar-refractivity contribution is 5.71. The first-order valence-corrected chi connectivity index (χ1v) is 4.77. The van der Waals surface area contributed by atoms with Crippen LogP contribution in [-0.4, -0.2) is 32.5 Å². The molecule has 92 valence electrons. The molecule has 0 aliphatic heterocycles. The van der Waals surface area contributed by atoms with Crippen LogP contribution in [0.2, 0.25) is 0 Å². The molecule has 2 rings (SSSR count). The normalized spacial score (nSPS) is 7.76. The average Bonchev–Trinajstić information content (AvgIpc) is 3.01. The van der Waals surface area contributed by atoms with Crippen LogP contribution in [0.15, 0.2) is 50.1 Å². The van der Waals surface area contributed by atoms with E-state index in [1.807, 2.05) is 0 Å². The van der Waals surface area contributed by atoms with Gasteiger partial charge in [0.25, 0.3) is 0 Å². The highest BCUT2D eigenvalue weighted by atomic mass is 16.2. The Kier molecular flexibility index (Phi) is 9.77. The van der Waals surface area contributed by atoms with Gasteiger partial charge in [0.15, 0.2) is 0 Å². The molecule has 17 heavy (non-hydrogen) atoms. The second-order valence-electron chi connectivity index (χ2n) is 2.55. The fourth-order valence-electron chi connectivity index (χ4n) is 0.603. The van der Waals surface area contributed by atoms with Gasteiger partial charge in [-0.05, 0) is 0 Å². The smallest absolute Gasteiger partial charge is 0.312 e. The number of carbonyl (C=O) groups excluding carboxylic acids is 1. The van der Waals surface area contributed by atoms with Crippen LogP contribution in [0.5, 0.6) is 0 Å². The molecule has 0 aliphatic rings. The number of H-pyrrole nitrogens is 2. The number of carbonyl (C=O) groups is 1. The highest BCUT2D eigenvalue weighted by Crippen LogP contribution is 1.63. The molecule has 7 nitrogen and oxygen atoms in total. The van der Waals surface area contributed by atoms with Crippen molar-refractivity contribution in [2.24, 2.45) is 5.73 Å². The number of aromatic nitrogens is 4. The van der Waals surface area contributed by atoms with Gasteiger partial charge < -0.3 is 21.0 Å². The van der Waals surface area contributed by atoms with Gasteiger partial charge in [-0.25, -0.2) is 14.8 Å². The van der Waals surface area contributed by atoms with Crippen LogP contribution in [0.1, 0.15) is 0 Å². The second-order valence-corrected chi connectivity index (χ2v) is 2.55. The molecule has 2 aromatic heterocycles. The largest absolute Gasteiger partial charge is 0.352 e. The van der Waals surface area contributed by atoms with Crippen molar-refractivity contribution >= 4 is 6.03 Å². The summed E-state index contributed by atoms with van der Waals surface area (Å²) in [6, 6.07) is -0.514. The molecule has 0 radical (unpaired) electrons. The van der Waals surface area contributed by atoms with E-state index in [0.29, 0.717) is 6.54 Å². The lowest BCUT2D eigenvalue weighted by Gasteiger charge is -1.90. The van der Waals surface area contributed by atoms with Gasteiger partial charge in [0.1, 0.15) is 0 Å². The van der Waals surface area contributed by atoms with Gasteiger partial charge >= 0.3 is 6.03 Å². The van der Waals surface area contributed by atoms with Crippen LogP contribution in [-0.2, 0) is 0 Å². The van der Waals surface area contributed by atoms with Crippen LogP contribution in [0, 0.1) is 0 Å². The first-order valence-electron chi connectivity index (χ1n) is 4.77. The van der Waals surface area contributed by atoms with E-state index in [0.717, 1.165) is 0 Å². The Balaban J connectivity index is 0.000000229. The van der Waals surface area contributed by atoms with Crippen molar-refractivity contribution in [3.8, 4) is 0 Å². The molecule has 0 unspecified atom stereocenters. The molecule has 0 bridgehead atoms. The van der Waals surface area contributed by atoms with Crippen molar-refractivity contribution in [3.05, 3.63) is 50.1 Å². The Morgan fingerprint density at radius 3 is 1.94 bits per heavy atom. The summed E-state index contributed by atoms with van der Waals surface area (Å²) < 4.78 is 0. The quantitative estimate of drug-likeness (QED) is 0.574. The Labute approximate surface area is 99.2 Å². The van der Waals surface area contributed by atoms with Crippen LogP contribution < -0.4 is 11.1 Å². The molecular weight excluding hydrogens is 220 g/mol. The van der Waals surface area contributed by atoms with E-state index in [2.05, 4.69) is 37.6 Å². The van der Waals surface area contributed by atoms with Gasteiger partial charge in [0.05, 0.1) is 12.7 Å². The number of urea groups is 1. The Hall–Kier alpha value is -2.57. The molecule has 0 atom stereocenters. The lowest BCUT2D eigenvalue weighted by molar-refractivity contribution is 0.250. The van der Waals surface area contributed by atoms with Crippen molar-refractivity contribution in [1.82, 2.24) is 25.3 Å². The van der Waals surface area contributed by atoms with Crippen molar-refractivity contribution in [2.75, 3.05) is 6.54 Å². The van der Waals surface area contributed by atoms with Gasteiger partial charge in [-0.3, -0.25) is 0 Å². The molecule has 7 heteroatoms. The van der Waals surface area contributed by atoms with E-state index in [1.165, 1.54) is 0 Å². The predicted molar refractivity (Wildman–Crippen MR) is 65.0 cm³/mol. The standard InChI is InChI=1S/C4H8N2O.2C3H4N2/c1-2-3-6-4(5)7;2*1-2-5-3-4-1/h2H,1,3H2,(H3,5,6,7);2*1-3H,(H,4,5). The van der Waals surface area contributed by atoms with E-state index < -0.39 is 6.03 Å². The number of aromatic amines is 2. The first kappa shape index (κ1) is 14.4. The lowest BCUT2D eigenvalue weighted by atomic mass is 10.6. The summed E-state index contributed by atoms with van der Waals surface area (Å²) in [5, 5.41) is 2.32. The number of hydrogen-bond donors (Lipinski definition) is 4. The molecule has 5 N–H and O–H groups in total. The number of nitrogens with two attached hydrogens (primary N) is 1. The van der Waals surface area contributed by atoms with Gasteiger partial charge in [-0.1, -0.05) is 6.08 Å². The van der Waals surface area contributed by atoms with Crippen molar-refractivity contribution < 1.29 is 4.79 Å². The Morgan fingerprint density at radius 1 is 1.29 bits per heavy atom. The number of rotatable bonds is 2. The maximum Gasteiger partial charge on any atom is 0.312 e. The number of imidazole rings is 2. The summed E-state index contributed by atoms with van der Waals surface area (Å²) in [4.78, 5) is 22.7. The lowest BCUT2D eigenvalue weighted by Crippen LogP contribution is -2.28. The molecule has 0 aromatic carbocycles. The van der Waals surface area contributed by atoms with Crippen LogP contribution in [0.3, 0.4) is 0 Å². The third-order valence-corrected chi connectivity index (χ3v) is 1.23. The second kappa shape index (κ2) is 11.5. The monoisotopic (exact) mass is 236 g/mol.